The molecule has 0 aliphatic heterocycles. The molecule has 0 saturated heterocycles. The maximum absolute atomic E-state index is 11.6. The molecule has 1 saturated carbocycles. The molecule has 21 heavy (non-hydrogen) atoms. The number of ether oxygens (including phenoxy) is 1. The highest BCUT2D eigenvalue weighted by molar-refractivity contribution is 5.79. The van der Waals surface area contributed by atoms with E-state index < -0.39 is 11.5 Å². The third-order valence-corrected chi connectivity index (χ3v) is 4.72. The number of rotatable bonds is 7. The second-order valence-electron chi connectivity index (χ2n) is 5.75. The van der Waals surface area contributed by atoms with Crippen molar-refractivity contribution in [3.63, 3.8) is 0 Å². The average molecular weight is 291 g/mol. The second kappa shape index (κ2) is 6.94. The molecule has 0 radical (unpaired) electrons. The summed E-state index contributed by atoms with van der Waals surface area (Å²) >= 11 is 0. The zero-order chi connectivity index (χ0) is 15.3. The zero-order valence-corrected chi connectivity index (χ0v) is 12.9. The molecule has 1 aliphatic rings. The summed E-state index contributed by atoms with van der Waals surface area (Å²) in [6.45, 7) is 2.69. The normalized spacial score (nSPS) is 25.0. The number of benzene rings is 1. The lowest BCUT2D eigenvalue weighted by atomic mass is 9.85. The van der Waals surface area contributed by atoms with E-state index in [4.69, 9.17) is 4.74 Å². The van der Waals surface area contributed by atoms with Crippen molar-refractivity contribution in [1.82, 2.24) is 5.32 Å². The van der Waals surface area contributed by atoms with E-state index in [1.165, 1.54) is 5.56 Å². The molecular weight excluding hydrogens is 266 g/mol. The average Bonchev–Trinajstić information content (AvgIpc) is 2.92. The van der Waals surface area contributed by atoms with E-state index in [0.717, 1.165) is 31.4 Å². The minimum atomic E-state index is -0.768. The van der Waals surface area contributed by atoms with Crippen LogP contribution in [0.4, 0.5) is 0 Å². The highest BCUT2D eigenvalue weighted by Gasteiger charge is 2.47. The molecule has 0 spiro atoms. The van der Waals surface area contributed by atoms with Crippen molar-refractivity contribution in [2.75, 3.05) is 13.7 Å². The monoisotopic (exact) mass is 291 g/mol. The van der Waals surface area contributed by atoms with Gasteiger partial charge in [-0.2, -0.15) is 0 Å². The Kier molecular flexibility index (Phi) is 5.23. The molecule has 1 aromatic rings. The van der Waals surface area contributed by atoms with Crippen molar-refractivity contribution in [3.05, 3.63) is 29.8 Å². The largest absolute Gasteiger partial charge is 0.494 e. The predicted octanol–water partition coefficient (Wildman–Crippen LogP) is 2.86. The van der Waals surface area contributed by atoms with Crippen LogP contribution in [-0.2, 0) is 11.2 Å². The van der Waals surface area contributed by atoms with Gasteiger partial charge in [-0.15, -0.1) is 0 Å². The Labute approximate surface area is 126 Å². The molecule has 1 aliphatic carbocycles. The fourth-order valence-corrected chi connectivity index (χ4v) is 3.33. The van der Waals surface area contributed by atoms with Crippen LogP contribution in [0.3, 0.4) is 0 Å². The highest BCUT2D eigenvalue weighted by atomic mass is 16.5. The first-order valence-electron chi connectivity index (χ1n) is 7.76. The Balaban J connectivity index is 1.88. The van der Waals surface area contributed by atoms with Gasteiger partial charge < -0.3 is 15.2 Å². The smallest absolute Gasteiger partial charge is 0.324 e. The maximum Gasteiger partial charge on any atom is 0.324 e. The van der Waals surface area contributed by atoms with Gasteiger partial charge in [0.1, 0.15) is 11.3 Å². The van der Waals surface area contributed by atoms with Crippen LogP contribution >= 0.6 is 0 Å². The molecule has 4 heteroatoms. The number of aryl methyl sites for hydroxylation is 1. The first-order valence-corrected chi connectivity index (χ1v) is 7.76. The number of carboxylic acids is 1. The molecule has 0 heterocycles. The van der Waals surface area contributed by atoms with Crippen LogP contribution < -0.4 is 10.1 Å². The van der Waals surface area contributed by atoms with Crippen molar-refractivity contribution in [3.8, 4) is 5.75 Å². The van der Waals surface area contributed by atoms with Crippen LogP contribution in [0, 0.1) is 5.92 Å². The molecule has 0 amide bonds. The van der Waals surface area contributed by atoms with Gasteiger partial charge in [0, 0.05) is 0 Å². The van der Waals surface area contributed by atoms with E-state index in [1.54, 1.807) is 7.05 Å². The van der Waals surface area contributed by atoms with Gasteiger partial charge >= 0.3 is 5.97 Å². The van der Waals surface area contributed by atoms with Gasteiger partial charge in [-0.25, -0.2) is 0 Å². The molecule has 4 nitrogen and oxygen atoms in total. The van der Waals surface area contributed by atoms with Crippen LogP contribution in [-0.4, -0.2) is 30.3 Å². The summed E-state index contributed by atoms with van der Waals surface area (Å²) in [6.07, 6.45) is 4.40. The van der Waals surface area contributed by atoms with Gasteiger partial charge in [0.15, 0.2) is 0 Å². The van der Waals surface area contributed by atoms with Gasteiger partial charge in [-0.3, -0.25) is 4.79 Å². The molecule has 0 aromatic heterocycles. The number of carboxylic acid groups (broad SMARTS) is 1. The maximum atomic E-state index is 11.6. The van der Waals surface area contributed by atoms with Crippen LogP contribution in [0.25, 0.3) is 0 Å². The quantitative estimate of drug-likeness (QED) is 0.811. The lowest BCUT2D eigenvalue weighted by Crippen LogP contribution is -2.53. The van der Waals surface area contributed by atoms with Crippen LogP contribution in [0.1, 0.15) is 38.2 Å². The molecule has 0 bridgehead atoms. The van der Waals surface area contributed by atoms with Gasteiger partial charge in [0.25, 0.3) is 0 Å². The van der Waals surface area contributed by atoms with E-state index in [-0.39, 0.29) is 5.92 Å². The summed E-state index contributed by atoms with van der Waals surface area (Å²) in [6, 6.07) is 8.10. The summed E-state index contributed by atoms with van der Waals surface area (Å²) in [7, 11) is 1.75. The standard InChI is InChI=1S/C17H25NO3/c1-3-13-6-8-15(9-7-13)21-12-10-14-5-4-11-17(14,18-2)16(19)20/h6-9,14,18H,3-5,10-12H2,1-2H3,(H,19,20). The van der Waals surface area contributed by atoms with Crippen LogP contribution in [0.15, 0.2) is 24.3 Å². The Hall–Kier alpha value is -1.55. The Bertz CT molecular complexity index is 471. The van der Waals surface area contributed by atoms with Crippen molar-refractivity contribution in [2.24, 2.45) is 5.92 Å². The van der Waals surface area contributed by atoms with Gasteiger partial charge in [0.05, 0.1) is 6.61 Å². The van der Waals surface area contributed by atoms with Crippen LogP contribution in [0.2, 0.25) is 0 Å². The fourth-order valence-electron chi connectivity index (χ4n) is 3.33. The summed E-state index contributed by atoms with van der Waals surface area (Å²) in [5.74, 6) is 0.255. The van der Waals surface area contributed by atoms with Gasteiger partial charge in [-0.05, 0) is 56.3 Å². The van der Waals surface area contributed by atoms with Gasteiger partial charge in [0.2, 0.25) is 0 Å². The Morgan fingerprint density at radius 1 is 1.43 bits per heavy atom. The molecule has 1 aromatic carbocycles. The number of hydrogen-bond donors (Lipinski definition) is 2. The molecule has 2 N–H and O–H groups in total. The van der Waals surface area contributed by atoms with Crippen LogP contribution in [0.5, 0.6) is 5.75 Å². The second-order valence-corrected chi connectivity index (χ2v) is 5.75. The molecular formula is C17H25NO3. The van der Waals surface area contributed by atoms with Crippen molar-refractivity contribution in [2.45, 2.75) is 44.6 Å². The Morgan fingerprint density at radius 2 is 2.14 bits per heavy atom. The zero-order valence-electron chi connectivity index (χ0n) is 12.9. The summed E-state index contributed by atoms with van der Waals surface area (Å²) < 4.78 is 5.76. The molecule has 2 atom stereocenters. The minimum Gasteiger partial charge on any atom is -0.494 e. The summed E-state index contributed by atoms with van der Waals surface area (Å²) in [5.41, 5.74) is 0.522. The van der Waals surface area contributed by atoms with E-state index in [1.807, 2.05) is 12.1 Å². The highest BCUT2D eigenvalue weighted by Crippen LogP contribution is 2.38. The lowest BCUT2D eigenvalue weighted by Gasteiger charge is -2.30. The first kappa shape index (κ1) is 15.8. The number of likely N-dealkylation sites (N-methyl/N-ethyl adjacent to an activating group) is 1. The fraction of sp³-hybridized carbons (Fsp3) is 0.588. The number of hydrogen-bond acceptors (Lipinski definition) is 3. The van der Waals surface area contributed by atoms with Gasteiger partial charge in [-0.1, -0.05) is 25.5 Å². The number of aliphatic carboxylic acids is 1. The number of carbonyl (C=O) groups is 1. The third-order valence-electron chi connectivity index (χ3n) is 4.72. The topological polar surface area (TPSA) is 58.6 Å². The molecule has 2 unspecified atom stereocenters. The van der Waals surface area contributed by atoms with Crippen molar-refractivity contribution < 1.29 is 14.6 Å². The van der Waals surface area contributed by atoms with E-state index in [2.05, 4.69) is 24.4 Å². The number of nitrogens with one attached hydrogen (secondary N) is 1. The minimum absolute atomic E-state index is 0.134. The van der Waals surface area contributed by atoms with Crippen molar-refractivity contribution in [1.29, 1.82) is 0 Å². The molecule has 2 rings (SSSR count). The first-order chi connectivity index (χ1) is 10.1. The summed E-state index contributed by atoms with van der Waals surface area (Å²) in [5, 5.41) is 12.5. The van der Waals surface area contributed by atoms with Crippen molar-refractivity contribution >= 4 is 5.97 Å². The molecule has 116 valence electrons. The SMILES string of the molecule is CCc1ccc(OCCC2CCCC2(NC)C(=O)O)cc1. The predicted molar refractivity (Wildman–Crippen MR) is 82.7 cm³/mol. The third kappa shape index (κ3) is 3.38. The summed E-state index contributed by atoms with van der Waals surface area (Å²) in [4.78, 5) is 11.6. The van der Waals surface area contributed by atoms with E-state index >= 15 is 0 Å². The Morgan fingerprint density at radius 3 is 2.71 bits per heavy atom. The van der Waals surface area contributed by atoms with E-state index in [0.29, 0.717) is 13.0 Å². The van der Waals surface area contributed by atoms with E-state index in [9.17, 15) is 9.90 Å². The lowest BCUT2D eigenvalue weighted by molar-refractivity contribution is -0.146. The molecule has 1 fully saturated rings.